The van der Waals surface area contributed by atoms with Crippen molar-refractivity contribution in [3.8, 4) is 0 Å². The smallest absolute Gasteiger partial charge is 0.343 e. The van der Waals surface area contributed by atoms with Crippen molar-refractivity contribution in [1.82, 2.24) is 4.90 Å². The lowest BCUT2D eigenvalue weighted by Crippen LogP contribution is -2.62. The van der Waals surface area contributed by atoms with Gasteiger partial charge in [0, 0.05) is 0 Å². The van der Waals surface area contributed by atoms with E-state index in [1.807, 2.05) is 6.92 Å². The average molecular weight is 337 g/mol. The zero-order valence-corrected chi connectivity index (χ0v) is 14.9. The number of ketones is 2. The van der Waals surface area contributed by atoms with Crippen molar-refractivity contribution >= 4 is 17.5 Å². The van der Waals surface area contributed by atoms with E-state index < -0.39 is 29.5 Å². The second-order valence-corrected chi connectivity index (χ2v) is 6.46. The summed E-state index contributed by atoms with van der Waals surface area (Å²) >= 11 is 0. The zero-order chi connectivity index (χ0) is 18.1. The van der Waals surface area contributed by atoms with Crippen molar-refractivity contribution in [2.45, 2.75) is 52.2 Å². The van der Waals surface area contributed by atoms with Gasteiger partial charge in [-0.25, -0.2) is 4.79 Å². The highest BCUT2D eigenvalue weighted by Gasteiger charge is 2.66. The second-order valence-electron chi connectivity index (χ2n) is 6.46. The second kappa shape index (κ2) is 7.15. The fourth-order valence-corrected chi connectivity index (χ4v) is 3.85. The number of rotatable bonds is 4. The predicted molar refractivity (Wildman–Crippen MR) is 88.3 cm³/mol. The summed E-state index contributed by atoms with van der Waals surface area (Å²) in [6.07, 6.45) is 1.16. The molecule has 0 spiro atoms. The number of carbonyl (C=O) groups is 3. The van der Waals surface area contributed by atoms with Crippen LogP contribution in [0.25, 0.3) is 0 Å². The van der Waals surface area contributed by atoms with Gasteiger partial charge in [-0.1, -0.05) is 27.7 Å². The summed E-state index contributed by atoms with van der Waals surface area (Å²) in [4.78, 5) is 37.5. The molecular weight excluding hydrogens is 310 g/mol. The minimum atomic E-state index is -1.92. The summed E-state index contributed by atoms with van der Waals surface area (Å²) in [5.74, 6) is -2.99. The Morgan fingerprint density at radius 3 is 2.17 bits per heavy atom. The summed E-state index contributed by atoms with van der Waals surface area (Å²) in [7, 11) is 0. The van der Waals surface area contributed by atoms with Crippen LogP contribution in [0.5, 0.6) is 0 Å². The third-order valence-electron chi connectivity index (χ3n) is 5.31. The lowest BCUT2D eigenvalue weighted by Gasteiger charge is -2.46. The van der Waals surface area contributed by atoms with Crippen molar-refractivity contribution in [3.05, 3.63) is 11.6 Å². The number of fused-ring (bicyclic) bond motifs is 1. The van der Waals surface area contributed by atoms with Gasteiger partial charge in [0.1, 0.15) is 17.7 Å². The number of aliphatic hydroxyl groups is 1. The third-order valence-corrected chi connectivity index (χ3v) is 5.31. The van der Waals surface area contributed by atoms with Gasteiger partial charge in [-0.2, -0.15) is 0 Å². The maximum Gasteiger partial charge on any atom is 0.343 e. The summed E-state index contributed by atoms with van der Waals surface area (Å²) in [6.45, 7) is 12.0. The van der Waals surface area contributed by atoms with E-state index in [1.165, 1.54) is 25.7 Å². The van der Waals surface area contributed by atoms with E-state index in [-0.39, 0.29) is 18.0 Å². The monoisotopic (exact) mass is 337 g/mol. The number of hydrogen-bond acceptors (Lipinski definition) is 6. The number of ether oxygens (including phenoxy) is 1. The van der Waals surface area contributed by atoms with Gasteiger partial charge in [-0.3, -0.25) is 9.59 Å². The Hall–Kier alpha value is -1.53. The Bertz CT molecular complexity index is 560. The molecule has 2 fully saturated rings. The average Bonchev–Trinajstić information content (AvgIpc) is 2.87. The van der Waals surface area contributed by atoms with Crippen LogP contribution in [0.3, 0.4) is 0 Å². The maximum absolute atomic E-state index is 11.8. The van der Waals surface area contributed by atoms with Crippen LogP contribution in [-0.4, -0.2) is 58.9 Å². The molecule has 4 rings (SSSR count). The quantitative estimate of drug-likeness (QED) is 0.470. The van der Waals surface area contributed by atoms with E-state index in [2.05, 4.69) is 25.7 Å². The number of nitrogens with zero attached hydrogens (tertiary/aromatic N) is 1. The molecule has 0 unspecified atom stereocenters. The van der Waals surface area contributed by atoms with E-state index in [4.69, 9.17) is 4.74 Å². The van der Waals surface area contributed by atoms with Gasteiger partial charge in [0.05, 0.1) is 18.3 Å². The fourth-order valence-electron chi connectivity index (χ4n) is 3.85. The fraction of sp³-hybridized carbons (Fsp3) is 0.722. The number of carbonyl (C=O) groups excluding carboxylic acids is 3. The summed E-state index contributed by atoms with van der Waals surface area (Å²) < 4.78 is 5.09. The van der Waals surface area contributed by atoms with Crippen molar-refractivity contribution in [2.75, 3.05) is 19.6 Å². The molecule has 2 bridgehead atoms. The standard InChI is InChI=1S/C12H12O5.C6H15N/c1-2-5-4-12(16)9-7(14)3-6(13)8(9)10(5)17-11(12)15;1-4-7(5-2)6-3/h4,8-10,16H,2-3H2,1H3;4-6H2,1-3H3/t8-,9+,10+,12+;/m1./s1. The van der Waals surface area contributed by atoms with Crippen LogP contribution in [0.15, 0.2) is 11.6 Å². The van der Waals surface area contributed by atoms with Crippen LogP contribution in [0.4, 0.5) is 0 Å². The molecule has 1 N–H and O–H groups in total. The lowest BCUT2D eigenvalue weighted by molar-refractivity contribution is -0.194. The van der Waals surface area contributed by atoms with Crippen LogP contribution >= 0.6 is 0 Å². The molecule has 2 heterocycles. The van der Waals surface area contributed by atoms with E-state index in [0.29, 0.717) is 6.42 Å². The molecule has 2 aliphatic carbocycles. The topological polar surface area (TPSA) is 83.9 Å². The van der Waals surface area contributed by atoms with E-state index in [9.17, 15) is 19.5 Å². The molecule has 4 aliphatic rings. The van der Waals surface area contributed by atoms with Gasteiger partial charge < -0.3 is 14.7 Å². The molecule has 2 aliphatic heterocycles. The molecule has 1 saturated carbocycles. The minimum Gasteiger partial charge on any atom is -0.455 e. The molecule has 134 valence electrons. The van der Waals surface area contributed by atoms with Crippen LogP contribution in [0.1, 0.15) is 40.5 Å². The van der Waals surface area contributed by atoms with Gasteiger partial charge in [0.25, 0.3) is 0 Å². The molecule has 6 nitrogen and oxygen atoms in total. The first-order valence-electron chi connectivity index (χ1n) is 8.76. The van der Waals surface area contributed by atoms with Gasteiger partial charge >= 0.3 is 5.97 Å². The SMILES string of the molecule is CCC1=C[C@@]2(O)C(=O)O[C@@H]1[C@@H]1C(=O)CC(=O)[C@@H]12.CCN(CC)CC. The third kappa shape index (κ3) is 2.93. The molecule has 0 aromatic rings. The summed E-state index contributed by atoms with van der Waals surface area (Å²) in [6, 6.07) is 0. The lowest BCUT2D eigenvalue weighted by atomic mass is 9.67. The molecule has 0 aromatic carbocycles. The van der Waals surface area contributed by atoms with Crippen LogP contribution in [0, 0.1) is 11.8 Å². The Morgan fingerprint density at radius 1 is 1.12 bits per heavy atom. The number of hydrogen-bond donors (Lipinski definition) is 1. The van der Waals surface area contributed by atoms with E-state index in [0.717, 1.165) is 5.57 Å². The molecule has 1 saturated heterocycles. The highest BCUT2D eigenvalue weighted by molar-refractivity contribution is 6.13. The molecular formula is C18H27NO5. The van der Waals surface area contributed by atoms with Crippen LogP contribution < -0.4 is 0 Å². The number of esters is 1. The predicted octanol–water partition coefficient (Wildman–Crippen LogP) is 1.12. The van der Waals surface area contributed by atoms with Crippen molar-refractivity contribution in [1.29, 1.82) is 0 Å². The van der Waals surface area contributed by atoms with E-state index in [1.54, 1.807) is 0 Å². The van der Waals surface area contributed by atoms with Crippen molar-refractivity contribution in [3.63, 3.8) is 0 Å². The maximum atomic E-state index is 11.8. The first-order valence-corrected chi connectivity index (χ1v) is 8.76. The molecule has 24 heavy (non-hydrogen) atoms. The van der Waals surface area contributed by atoms with Gasteiger partial charge in [-0.05, 0) is 37.7 Å². The first-order chi connectivity index (χ1) is 11.3. The highest BCUT2D eigenvalue weighted by Crippen LogP contribution is 2.49. The van der Waals surface area contributed by atoms with Crippen molar-refractivity contribution in [2.24, 2.45) is 11.8 Å². The Kier molecular flexibility index (Phi) is 5.60. The van der Waals surface area contributed by atoms with Crippen LogP contribution in [-0.2, 0) is 19.1 Å². The zero-order valence-electron chi connectivity index (χ0n) is 14.9. The molecule has 0 amide bonds. The first kappa shape index (κ1) is 18.8. The van der Waals surface area contributed by atoms with E-state index >= 15 is 0 Å². The van der Waals surface area contributed by atoms with Crippen molar-refractivity contribution < 1.29 is 24.2 Å². The normalized spacial score (nSPS) is 33.8. The minimum absolute atomic E-state index is 0.199. The number of Topliss-reactive ketones (excluding diaryl/α,β-unsaturated/α-hetero) is 2. The summed E-state index contributed by atoms with van der Waals surface area (Å²) in [5, 5.41) is 10.3. The molecule has 0 aromatic heterocycles. The van der Waals surface area contributed by atoms with Crippen LogP contribution in [0.2, 0.25) is 0 Å². The Labute approximate surface area is 142 Å². The molecule has 4 atom stereocenters. The highest BCUT2D eigenvalue weighted by atomic mass is 16.6. The van der Waals surface area contributed by atoms with Gasteiger partial charge in [-0.15, -0.1) is 0 Å². The Morgan fingerprint density at radius 2 is 1.71 bits per heavy atom. The van der Waals surface area contributed by atoms with Gasteiger partial charge in [0.15, 0.2) is 5.60 Å². The molecule has 0 radical (unpaired) electrons. The Balaban J connectivity index is 0.000000256. The molecule has 6 heteroatoms. The summed E-state index contributed by atoms with van der Waals surface area (Å²) in [5.41, 5.74) is -1.19. The largest absolute Gasteiger partial charge is 0.455 e. The van der Waals surface area contributed by atoms with Gasteiger partial charge in [0.2, 0.25) is 0 Å².